The highest BCUT2D eigenvalue weighted by molar-refractivity contribution is 6.04. The number of carbonyl (C=O) groups excluding carboxylic acids is 2. The number of rotatable bonds is 6. The van der Waals surface area contributed by atoms with E-state index < -0.39 is 29.5 Å². The van der Waals surface area contributed by atoms with Gasteiger partial charge < -0.3 is 20.1 Å². The van der Waals surface area contributed by atoms with Gasteiger partial charge in [0.05, 0.1) is 6.42 Å². The van der Waals surface area contributed by atoms with Crippen LogP contribution >= 0.6 is 0 Å². The van der Waals surface area contributed by atoms with E-state index in [9.17, 15) is 24.3 Å². The van der Waals surface area contributed by atoms with Crippen molar-refractivity contribution in [3.05, 3.63) is 52.6 Å². The van der Waals surface area contributed by atoms with E-state index in [1.54, 1.807) is 18.2 Å². The van der Waals surface area contributed by atoms with Gasteiger partial charge in [-0.25, -0.2) is 14.6 Å². The third-order valence-corrected chi connectivity index (χ3v) is 4.37. The number of carboxylic acids is 2. The minimum atomic E-state index is -1.41. The molecule has 0 bridgehead atoms. The van der Waals surface area contributed by atoms with Crippen molar-refractivity contribution in [2.24, 2.45) is 0 Å². The summed E-state index contributed by atoms with van der Waals surface area (Å²) in [5.41, 5.74) is 1.42. The molecule has 1 aromatic heterocycles. The third-order valence-electron chi connectivity index (χ3n) is 4.37. The number of aromatic carboxylic acids is 2. The monoisotopic (exact) mass is 371 g/mol. The summed E-state index contributed by atoms with van der Waals surface area (Å²) in [6, 6.07) is 4.16. The van der Waals surface area contributed by atoms with Gasteiger partial charge in [-0.2, -0.15) is 0 Å². The smallest absolute Gasteiger partial charge is 0.372 e. The van der Waals surface area contributed by atoms with Crippen molar-refractivity contribution in [3.8, 4) is 0 Å². The molecule has 9 heteroatoms. The van der Waals surface area contributed by atoms with Crippen molar-refractivity contribution in [1.82, 2.24) is 14.9 Å². The lowest BCUT2D eigenvalue weighted by Gasteiger charge is -2.11. The Morgan fingerprint density at radius 1 is 1.26 bits per heavy atom. The molecular weight excluding hydrogens is 354 g/mol. The lowest BCUT2D eigenvalue weighted by molar-refractivity contribution is -0.120. The average molecular weight is 371 g/mol. The van der Waals surface area contributed by atoms with Crippen LogP contribution in [-0.2, 0) is 17.6 Å². The molecule has 0 spiro atoms. The number of hydrogen-bond donors (Lipinski definition) is 3. The minimum absolute atomic E-state index is 0.132. The molecule has 1 heterocycles. The van der Waals surface area contributed by atoms with Gasteiger partial charge in [0.25, 0.3) is 0 Å². The van der Waals surface area contributed by atoms with Gasteiger partial charge in [-0.05, 0) is 18.1 Å². The summed E-state index contributed by atoms with van der Waals surface area (Å²) < 4.78 is 1.09. The van der Waals surface area contributed by atoms with E-state index in [1.807, 2.05) is 6.92 Å². The van der Waals surface area contributed by atoms with Gasteiger partial charge >= 0.3 is 11.9 Å². The molecular formula is C18H17N3O6. The molecule has 0 saturated carbocycles. The summed E-state index contributed by atoms with van der Waals surface area (Å²) in [6.07, 6.45) is 1.44. The molecule has 27 heavy (non-hydrogen) atoms. The number of fused-ring (bicyclic) bond motifs is 1. The number of aromatic nitrogens is 2. The van der Waals surface area contributed by atoms with E-state index >= 15 is 0 Å². The number of ketones is 1. The van der Waals surface area contributed by atoms with Gasteiger partial charge in [-0.1, -0.05) is 18.2 Å². The molecule has 1 amide bonds. The Kier molecular flexibility index (Phi) is 4.76. The normalized spacial score (nSPS) is 15.4. The molecule has 0 radical (unpaired) electrons. The molecule has 9 nitrogen and oxygen atoms in total. The first-order chi connectivity index (χ1) is 12.8. The fourth-order valence-corrected chi connectivity index (χ4v) is 3.21. The lowest BCUT2D eigenvalue weighted by Crippen LogP contribution is -2.24. The Balaban J connectivity index is 1.92. The summed E-state index contributed by atoms with van der Waals surface area (Å²) in [5.74, 6) is -3.73. The first-order valence-corrected chi connectivity index (χ1v) is 8.30. The van der Waals surface area contributed by atoms with E-state index in [2.05, 4.69) is 10.3 Å². The Morgan fingerprint density at radius 3 is 2.63 bits per heavy atom. The summed E-state index contributed by atoms with van der Waals surface area (Å²) in [4.78, 5) is 50.6. The quantitative estimate of drug-likeness (QED) is 0.687. The van der Waals surface area contributed by atoms with Crippen LogP contribution in [0.4, 0.5) is 0 Å². The topological polar surface area (TPSA) is 139 Å². The number of benzene rings is 1. The number of nitrogens with one attached hydrogen (secondary N) is 1. The van der Waals surface area contributed by atoms with E-state index in [0.29, 0.717) is 17.7 Å². The maximum atomic E-state index is 12.7. The molecule has 0 saturated heterocycles. The highest BCUT2D eigenvalue weighted by Crippen LogP contribution is 2.32. The number of carbonyl (C=O) groups is 4. The Hall–Kier alpha value is -3.49. The molecule has 3 N–H and O–H groups in total. The zero-order chi connectivity index (χ0) is 19.7. The Morgan fingerprint density at radius 2 is 2.00 bits per heavy atom. The van der Waals surface area contributed by atoms with Crippen molar-refractivity contribution in [2.75, 3.05) is 6.54 Å². The number of likely N-dealkylation sites (N-methyl/N-ethyl adjacent to an activating group) is 1. The molecule has 1 aromatic carbocycles. The molecule has 1 aliphatic carbocycles. The summed E-state index contributed by atoms with van der Waals surface area (Å²) in [6.45, 7) is 2.34. The molecule has 0 aliphatic heterocycles. The Bertz CT molecular complexity index is 962. The number of nitrogens with zero attached hydrogens (tertiary/aromatic N) is 2. The van der Waals surface area contributed by atoms with Crippen LogP contribution in [0.2, 0.25) is 0 Å². The largest absolute Gasteiger partial charge is 0.476 e. The first-order valence-electron chi connectivity index (χ1n) is 8.30. The van der Waals surface area contributed by atoms with Crippen LogP contribution in [-0.4, -0.2) is 49.9 Å². The van der Waals surface area contributed by atoms with Gasteiger partial charge in [0, 0.05) is 24.7 Å². The zero-order valence-corrected chi connectivity index (χ0v) is 14.4. The number of imidazole rings is 1. The van der Waals surface area contributed by atoms with Crippen molar-refractivity contribution in [2.45, 2.75) is 25.8 Å². The van der Waals surface area contributed by atoms with Crippen molar-refractivity contribution < 1.29 is 29.4 Å². The second-order valence-corrected chi connectivity index (χ2v) is 6.17. The van der Waals surface area contributed by atoms with Crippen molar-refractivity contribution in [3.63, 3.8) is 0 Å². The van der Waals surface area contributed by atoms with E-state index in [1.165, 1.54) is 0 Å². The van der Waals surface area contributed by atoms with Crippen LogP contribution in [0.15, 0.2) is 24.4 Å². The Labute approximate surface area is 153 Å². The minimum Gasteiger partial charge on any atom is -0.476 e. The SMILES string of the molecule is CCNC(=O)Cc1ccc2c(c1)CC(n1cc(C(=O)O)nc1C(=O)O)C2=O. The van der Waals surface area contributed by atoms with Crippen LogP contribution in [0.1, 0.15) is 55.6 Å². The van der Waals surface area contributed by atoms with Crippen LogP contribution in [0.5, 0.6) is 0 Å². The van der Waals surface area contributed by atoms with Gasteiger partial charge in [0.2, 0.25) is 11.7 Å². The molecule has 0 fully saturated rings. The fourth-order valence-electron chi connectivity index (χ4n) is 3.21. The molecule has 140 valence electrons. The highest BCUT2D eigenvalue weighted by Gasteiger charge is 2.35. The molecule has 2 aromatic rings. The molecule has 3 rings (SSSR count). The molecule has 1 unspecified atom stereocenters. The first kappa shape index (κ1) is 18.3. The van der Waals surface area contributed by atoms with E-state index in [4.69, 9.17) is 5.11 Å². The number of carboxylic acid groups (broad SMARTS) is 2. The predicted octanol–water partition coefficient (Wildman–Crippen LogP) is 0.938. The molecule has 1 atom stereocenters. The number of amides is 1. The van der Waals surface area contributed by atoms with Crippen LogP contribution in [0, 0.1) is 0 Å². The fraction of sp³-hybridized carbons (Fsp3) is 0.278. The number of hydrogen-bond acceptors (Lipinski definition) is 5. The van der Waals surface area contributed by atoms with Crippen molar-refractivity contribution in [1.29, 1.82) is 0 Å². The summed E-state index contributed by atoms with van der Waals surface area (Å²) in [7, 11) is 0. The van der Waals surface area contributed by atoms with Crippen molar-refractivity contribution >= 4 is 23.6 Å². The van der Waals surface area contributed by atoms with Gasteiger partial charge in [-0.15, -0.1) is 0 Å². The highest BCUT2D eigenvalue weighted by atomic mass is 16.4. The lowest BCUT2D eigenvalue weighted by atomic mass is 10.0. The maximum absolute atomic E-state index is 12.7. The number of Topliss-reactive ketones (excluding diaryl/α,β-unsaturated/α-hetero) is 1. The van der Waals surface area contributed by atoms with E-state index in [0.717, 1.165) is 16.3 Å². The van der Waals surface area contributed by atoms with Gasteiger partial charge in [0.15, 0.2) is 11.5 Å². The van der Waals surface area contributed by atoms with Crippen LogP contribution < -0.4 is 5.32 Å². The van der Waals surface area contributed by atoms with Gasteiger partial charge in [0.1, 0.15) is 6.04 Å². The van der Waals surface area contributed by atoms with Crippen LogP contribution in [0.3, 0.4) is 0 Å². The predicted molar refractivity (Wildman–Crippen MR) is 92.0 cm³/mol. The second kappa shape index (κ2) is 7.02. The summed E-state index contributed by atoms with van der Waals surface area (Å²) >= 11 is 0. The third kappa shape index (κ3) is 3.43. The van der Waals surface area contributed by atoms with E-state index in [-0.39, 0.29) is 24.5 Å². The standard InChI is InChI=1S/C18H17N3O6/c1-2-19-14(22)6-9-3-4-11-10(5-9)7-13(15(11)23)21-8-12(17(24)25)20-16(21)18(26)27/h3-5,8,13H,2,6-7H2,1H3,(H,19,22)(H,24,25)(H,26,27). The zero-order valence-electron chi connectivity index (χ0n) is 14.4. The molecule has 1 aliphatic rings. The summed E-state index contributed by atoms with van der Waals surface area (Å²) in [5, 5.41) is 21.0. The second-order valence-electron chi connectivity index (χ2n) is 6.17. The van der Waals surface area contributed by atoms with Crippen LogP contribution in [0.25, 0.3) is 0 Å². The van der Waals surface area contributed by atoms with Gasteiger partial charge in [-0.3, -0.25) is 9.59 Å². The average Bonchev–Trinajstić information content (AvgIpc) is 3.17. The maximum Gasteiger partial charge on any atom is 0.372 e.